The van der Waals surface area contributed by atoms with Gasteiger partial charge in [0.1, 0.15) is 0 Å². The molecule has 3 nitrogen and oxygen atoms in total. The van der Waals surface area contributed by atoms with Gasteiger partial charge in [-0.15, -0.1) is 24.0 Å². The fourth-order valence-corrected chi connectivity index (χ4v) is 3.21. The largest absolute Gasteiger partial charge is 0.355 e. The van der Waals surface area contributed by atoms with Gasteiger partial charge in [0.15, 0.2) is 5.96 Å². The van der Waals surface area contributed by atoms with E-state index in [1.807, 2.05) is 0 Å². The minimum atomic E-state index is 0. The van der Waals surface area contributed by atoms with Crippen molar-refractivity contribution in [2.75, 3.05) is 32.4 Å². The Morgan fingerprint density at radius 2 is 2.40 bits per heavy atom. The summed E-state index contributed by atoms with van der Waals surface area (Å²) in [6, 6.07) is 0. The van der Waals surface area contributed by atoms with E-state index in [0.717, 1.165) is 25.6 Å². The van der Waals surface area contributed by atoms with E-state index in [-0.39, 0.29) is 24.0 Å². The number of guanidine groups is 1. The van der Waals surface area contributed by atoms with E-state index in [2.05, 4.69) is 40.9 Å². The minimum absolute atomic E-state index is 0. The predicted octanol–water partition coefficient (Wildman–Crippen LogP) is 1.78. The van der Waals surface area contributed by atoms with E-state index in [4.69, 9.17) is 0 Å². The van der Waals surface area contributed by atoms with E-state index in [1.165, 1.54) is 18.6 Å². The van der Waals surface area contributed by atoms with Crippen LogP contribution in [-0.2, 0) is 0 Å². The molecule has 0 amide bonds. The molecule has 1 fully saturated rings. The summed E-state index contributed by atoms with van der Waals surface area (Å²) in [4.78, 5) is 6.63. The lowest BCUT2D eigenvalue weighted by Gasteiger charge is -2.25. The zero-order valence-electron chi connectivity index (χ0n) is 9.45. The number of nitrogens with zero attached hydrogens (tertiary/aromatic N) is 2. The first-order valence-electron chi connectivity index (χ1n) is 5.33. The molecular formula is C10H20IN3S. The maximum atomic E-state index is 4.43. The van der Waals surface area contributed by atoms with E-state index >= 15 is 0 Å². The highest BCUT2D eigenvalue weighted by molar-refractivity contribution is 14.0. The van der Waals surface area contributed by atoms with Gasteiger partial charge >= 0.3 is 0 Å². The Kier molecular flexibility index (Phi) is 5.02. The fourth-order valence-electron chi connectivity index (χ4n) is 1.97. The maximum Gasteiger partial charge on any atom is 0.193 e. The number of hydrogen-bond donors (Lipinski definition) is 1. The van der Waals surface area contributed by atoms with Gasteiger partial charge in [-0.2, -0.15) is 11.8 Å². The minimum Gasteiger partial charge on any atom is -0.355 e. The molecule has 0 aromatic carbocycles. The lowest BCUT2D eigenvalue weighted by Crippen LogP contribution is -2.42. The summed E-state index contributed by atoms with van der Waals surface area (Å²) in [6.07, 6.45) is 2.70. The molecule has 1 atom stereocenters. The summed E-state index contributed by atoms with van der Waals surface area (Å²) >= 11 is 2.09. The van der Waals surface area contributed by atoms with Crippen LogP contribution in [0.15, 0.2) is 4.99 Å². The third kappa shape index (κ3) is 3.41. The molecule has 1 N–H and O–H groups in total. The Morgan fingerprint density at radius 3 is 2.93 bits per heavy atom. The average Bonchev–Trinajstić information content (AvgIpc) is 2.73. The standard InChI is InChI=1S/C10H19N3S.HI/c1-10(4-3-7-14-10)8-12-9-11-5-6-13(9)2;/h3-8H2,1-2H3,(H,11,12);1H. The van der Waals surface area contributed by atoms with Crippen molar-refractivity contribution in [3.05, 3.63) is 0 Å². The molecule has 1 saturated heterocycles. The average molecular weight is 341 g/mol. The van der Waals surface area contributed by atoms with Crippen molar-refractivity contribution in [3.63, 3.8) is 0 Å². The fraction of sp³-hybridized carbons (Fsp3) is 0.900. The molecule has 0 aromatic heterocycles. The van der Waals surface area contributed by atoms with Gasteiger partial charge in [-0.1, -0.05) is 0 Å². The topological polar surface area (TPSA) is 27.6 Å². The Hall–Kier alpha value is 0.350. The number of likely N-dealkylation sites (N-methyl/N-ethyl adjacent to an activating group) is 1. The van der Waals surface area contributed by atoms with Gasteiger partial charge in [-0.05, 0) is 25.5 Å². The van der Waals surface area contributed by atoms with Crippen LogP contribution in [0.4, 0.5) is 0 Å². The molecule has 88 valence electrons. The first-order valence-corrected chi connectivity index (χ1v) is 6.32. The zero-order chi connectivity index (χ0) is 10.0. The monoisotopic (exact) mass is 341 g/mol. The van der Waals surface area contributed by atoms with Crippen LogP contribution in [0, 0.1) is 0 Å². The molecule has 0 aromatic rings. The van der Waals surface area contributed by atoms with E-state index in [9.17, 15) is 0 Å². The quantitative estimate of drug-likeness (QED) is 0.776. The Morgan fingerprint density at radius 1 is 1.60 bits per heavy atom. The Bertz CT molecular complexity index is 239. The number of thioether (sulfide) groups is 1. The second-order valence-electron chi connectivity index (χ2n) is 4.38. The summed E-state index contributed by atoms with van der Waals surface area (Å²) in [5.41, 5.74) is 0. The summed E-state index contributed by atoms with van der Waals surface area (Å²) in [5.74, 6) is 2.40. The van der Waals surface area contributed by atoms with Gasteiger partial charge in [-0.25, -0.2) is 0 Å². The van der Waals surface area contributed by atoms with Crippen molar-refractivity contribution in [3.8, 4) is 0 Å². The summed E-state index contributed by atoms with van der Waals surface area (Å²) in [7, 11) is 2.10. The molecule has 0 saturated carbocycles. The number of aliphatic imine (C=N–C) groups is 1. The van der Waals surface area contributed by atoms with Crippen molar-refractivity contribution in [2.24, 2.45) is 4.99 Å². The first-order chi connectivity index (χ1) is 6.70. The molecule has 2 aliphatic heterocycles. The van der Waals surface area contributed by atoms with Gasteiger partial charge in [0, 0.05) is 24.9 Å². The van der Waals surface area contributed by atoms with Crippen LogP contribution in [0.2, 0.25) is 0 Å². The van der Waals surface area contributed by atoms with Crippen molar-refractivity contribution >= 4 is 41.7 Å². The number of rotatable bonds is 2. The molecule has 5 heteroatoms. The zero-order valence-corrected chi connectivity index (χ0v) is 12.6. The maximum absolute atomic E-state index is 4.43. The van der Waals surface area contributed by atoms with Crippen LogP contribution in [-0.4, -0.2) is 48.0 Å². The third-order valence-corrected chi connectivity index (χ3v) is 4.52. The SMILES string of the molecule is CN1CCN=C1NCC1(C)CCCS1.I. The first kappa shape index (κ1) is 13.4. The molecule has 1 unspecified atom stereocenters. The van der Waals surface area contributed by atoms with E-state index in [0.29, 0.717) is 4.75 Å². The van der Waals surface area contributed by atoms with Crippen LogP contribution in [0.5, 0.6) is 0 Å². The lowest BCUT2D eigenvalue weighted by molar-refractivity contribution is 0.516. The highest BCUT2D eigenvalue weighted by atomic mass is 127. The van der Waals surface area contributed by atoms with Gasteiger partial charge < -0.3 is 10.2 Å². The van der Waals surface area contributed by atoms with Gasteiger partial charge in [0.05, 0.1) is 6.54 Å². The summed E-state index contributed by atoms with van der Waals surface area (Å²) < 4.78 is 0.436. The van der Waals surface area contributed by atoms with E-state index in [1.54, 1.807) is 0 Å². The van der Waals surface area contributed by atoms with Crippen molar-refractivity contribution in [2.45, 2.75) is 24.5 Å². The van der Waals surface area contributed by atoms with Crippen molar-refractivity contribution in [1.29, 1.82) is 0 Å². The van der Waals surface area contributed by atoms with Crippen molar-refractivity contribution in [1.82, 2.24) is 10.2 Å². The molecule has 0 bridgehead atoms. The molecule has 0 spiro atoms. The summed E-state index contributed by atoms with van der Waals surface area (Å²) in [5, 5.41) is 3.47. The lowest BCUT2D eigenvalue weighted by atomic mass is 10.1. The number of nitrogens with one attached hydrogen (secondary N) is 1. The van der Waals surface area contributed by atoms with Crippen LogP contribution in [0.3, 0.4) is 0 Å². The molecule has 15 heavy (non-hydrogen) atoms. The predicted molar refractivity (Wildman–Crippen MR) is 78.4 cm³/mol. The van der Waals surface area contributed by atoms with E-state index < -0.39 is 0 Å². The molecular weight excluding hydrogens is 321 g/mol. The highest BCUT2D eigenvalue weighted by Crippen LogP contribution is 2.36. The second kappa shape index (κ2) is 5.61. The van der Waals surface area contributed by atoms with Crippen LogP contribution < -0.4 is 5.32 Å². The van der Waals surface area contributed by atoms with Crippen LogP contribution in [0.1, 0.15) is 19.8 Å². The third-order valence-electron chi connectivity index (χ3n) is 2.98. The number of halogens is 1. The number of hydrogen-bond acceptors (Lipinski definition) is 4. The van der Waals surface area contributed by atoms with Crippen LogP contribution >= 0.6 is 35.7 Å². The van der Waals surface area contributed by atoms with Gasteiger partial charge in [-0.3, -0.25) is 4.99 Å². The molecule has 0 radical (unpaired) electrons. The molecule has 2 rings (SSSR count). The van der Waals surface area contributed by atoms with Gasteiger partial charge in [0.2, 0.25) is 0 Å². The molecule has 2 aliphatic rings. The smallest absolute Gasteiger partial charge is 0.193 e. The molecule has 0 aliphatic carbocycles. The molecule has 2 heterocycles. The second-order valence-corrected chi connectivity index (χ2v) is 6.06. The van der Waals surface area contributed by atoms with Crippen LogP contribution in [0.25, 0.3) is 0 Å². The Labute approximate surface area is 113 Å². The Balaban J connectivity index is 0.00000112. The van der Waals surface area contributed by atoms with Crippen molar-refractivity contribution < 1.29 is 0 Å². The summed E-state index contributed by atoms with van der Waals surface area (Å²) in [6.45, 7) is 5.42. The van der Waals surface area contributed by atoms with Gasteiger partial charge in [0.25, 0.3) is 0 Å². The highest BCUT2D eigenvalue weighted by Gasteiger charge is 2.30. The normalized spacial score (nSPS) is 30.0.